The van der Waals surface area contributed by atoms with Crippen LogP contribution >= 0.6 is 11.8 Å². The molecule has 1 amide bonds. The summed E-state index contributed by atoms with van der Waals surface area (Å²) in [6, 6.07) is 6.93. The third-order valence-corrected chi connectivity index (χ3v) is 6.23. The van der Waals surface area contributed by atoms with Gasteiger partial charge in [-0.05, 0) is 44.0 Å². The van der Waals surface area contributed by atoms with E-state index in [1.807, 2.05) is 6.92 Å². The summed E-state index contributed by atoms with van der Waals surface area (Å²) in [7, 11) is 0. The van der Waals surface area contributed by atoms with E-state index in [0.29, 0.717) is 66.9 Å². The molecule has 2 aromatic rings. The summed E-state index contributed by atoms with van der Waals surface area (Å²) in [5.41, 5.74) is 1.29. The zero-order chi connectivity index (χ0) is 21.6. The first kappa shape index (κ1) is 21.6. The van der Waals surface area contributed by atoms with Crippen molar-refractivity contribution in [1.82, 2.24) is 15.6 Å². The van der Waals surface area contributed by atoms with Crippen LogP contribution in [0.2, 0.25) is 0 Å². The van der Waals surface area contributed by atoms with Crippen LogP contribution in [0.15, 0.2) is 46.0 Å². The fourth-order valence-electron chi connectivity index (χ4n) is 3.51. The maximum absolute atomic E-state index is 13.2. The lowest BCUT2D eigenvalue weighted by molar-refractivity contribution is -0.121. The Kier molecular flexibility index (Phi) is 7.06. The molecule has 1 unspecified atom stereocenters. The van der Waals surface area contributed by atoms with Gasteiger partial charge in [0.25, 0.3) is 5.91 Å². The normalized spacial score (nSPS) is 19.3. The van der Waals surface area contributed by atoms with Crippen molar-refractivity contribution in [2.75, 3.05) is 19.8 Å². The average Bonchev–Trinajstić information content (AvgIpc) is 3.48. The Morgan fingerprint density at radius 3 is 2.90 bits per heavy atom. The average molecular weight is 444 g/mol. The molecule has 2 N–H and O–H groups in total. The third-order valence-electron chi connectivity index (χ3n) is 5.12. The van der Waals surface area contributed by atoms with Crippen molar-refractivity contribution in [3.05, 3.63) is 58.6 Å². The molecule has 4 heterocycles. The second-order valence-corrected chi connectivity index (χ2v) is 8.34. The van der Waals surface area contributed by atoms with Crippen LogP contribution in [0.1, 0.15) is 41.6 Å². The van der Waals surface area contributed by atoms with Gasteiger partial charge in [0, 0.05) is 37.5 Å². The van der Waals surface area contributed by atoms with Crippen LogP contribution in [0.25, 0.3) is 5.70 Å². The van der Waals surface area contributed by atoms with Gasteiger partial charge >= 0.3 is 0 Å². The van der Waals surface area contributed by atoms with E-state index in [9.17, 15) is 9.59 Å². The van der Waals surface area contributed by atoms with Gasteiger partial charge in [-0.2, -0.15) is 0 Å². The molecule has 31 heavy (non-hydrogen) atoms. The predicted molar refractivity (Wildman–Crippen MR) is 116 cm³/mol. The molecular weight excluding hydrogens is 418 g/mol. The summed E-state index contributed by atoms with van der Waals surface area (Å²) in [4.78, 5) is 30.8. The number of hydrogen-bond donors (Lipinski definition) is 2. The van der Waals surface area contributed by atoms with Gasteiger partial charge in [-0.25, -0.2) is 0 Å². The van der Waals surface area contributed by atoms with Crippen molar-refractivity contribution in [1.29, 1.82) is 0 Å². The van der Waals surface area contributed by atoms with E-state index >= 15 is 0 Å². The maximum Gasteiger partial charge on any atom is 0.253 e. The molecule has 2 aliphatic rings. The lowest BCUT2D eigenvalue weighted by Crippen LogP contribution is -2.39. The number of furan rings is 1. The van der Waals surface area contributed by atoms with Crippen molar-refractivity contribution in [2.45, 2.75) is 31.9 Å². The molecule has 0 aliphatic carbocycles. The van der Waals surface area contributed by atoms with Crippen molar-refractivity contribution >= 4 is 29.1 Å². The van der Waals surface area contributed by atoms with E-state index in [0.717, 1.165) is 0 Å². The number of pyridine rings is 1. The van der Waals surface area contributed by atoms with E-state index in [4.69, 9.17) is 13.9 Å². The van der Waals surface area contributed by atoms with E-state index in [1.165, 1.54) is 11.8 Å². The minimum atomic E-state index is -0.491. The number of carbonyl (C=O) groups excluding carboxylic acids is 2. The number of rotatable bonds is 8. The first-order valence-electron chi connectivity index (χ1n) is 10.3. The van der Waals surface area contributed by atoms with E-state index < -0.39 is 5.50 Å². The Balaban J connectivity index is 1.47. The molecule has 4 rings (SSSR count). The molecule has 0 spiro atoms. The number of hydrogen-bond acceptors (Lipinski definition) is 8. The van der Waals surface area contributed by atoms with Crippen molar-refractivity contribution in [2.24, 2.45) is 5.92 Å². The van der Waals surface area contributed by atoms with Crippen molar-refractivity contribution < 1.29 is 23.5 Å². The van der Waals surface area contributed by atoms with Crippen LogP contribution in [-0.2, 0) is 20.9 Å². The summed E-state index contributed by atoms with van der Waals surface area (Å²) in [5, 5.41) is 6.18. The Morgan fingerprint density at radius 1 is 1.32 bits per heavy atom. The molecule has 1 fully saturated rings. The van der Waals surface area contributed by atoms with Gasteiger partial charge in [0.2, 0.25) is 0 Å². The van der Waals surface area contributed by atoms with Crippen molar-refractivity contribution in [3.63, 3.8) is 0 Å². The second kappa shape index (κ2) is 10.1. The smallest absolute Gasteiger partial charge is 0.253 e. The molecule has 1 saturated heterocycles. The number of carbonyl (C=O) groups is 2. The van der Waals surface area contributed by atoms with Gasteiger partial charge in [-0.3, -0.25) is 14.6 Å². The van der Waals surface area contributed by atoms with Gasteiger partial charge in [-0.1, -0.05) is 11.8 Å². The number of allylic oxidation sites excluding steroid dienone is 1. The number of amides is 1. The minimum Gasteiger partial charge on any atom is -0.463 e. The number of aromatic nitrogens is 1. The molecule has 0 aromatic carbocycles. The summed E-state index contributed by atoms with van der Waals surface area (Å²) >= 11 is 1.31. The molecule has 2 aromatic heterocycles. The van der Waals surface area contributed by atoms with E-state index in [2.05, 4.69) is 15.6 Å². The molecule has 8 nitrogen and oxygen atoms in total. The number of ether oxygens (including phenoxy) is 2. The van der Waals surface area contributed by atoms with E-state index in [-0.39, 0.29) is 17.6 Å². The summed E-state index contributed by atoms with van der Waals surface area (Å²) in [5.74, 6) is 0.289. The highest BCUT2D eigenvalue weighted by atomic mass is 32.2. The monoisotopic (exact) mass is 443 g/mol. The van der Waals surface area contributed by atoms with Gasteiger partial charge in [0.1, 0.15) is 0 Å². The quantitative estimate of drug-likeness (QED) is 0.642. The summed E-state index contributed by atoms with van der Waals surface area (Å²) in [6.07, 6.45) is 4.55. The van der Waals surface area contributed by atoms with Gasteiger partial charge in [-0.15, -0.1) is 0 Å². The Bertz CT molecular complexity index is 954. The molecule has 0 radical (unpaired) electrons. The highest BCUT2D eigenvalue weighted by Crippen LogP contribution is 2.38. The van der Waals surface area contributed by atoms with Crippen LogP contribution in [0, 0.1) is 5.92 Å². The minimum absolute atomic E-state index is 0.0619. The predicted octanol–water partition coefficient (Wildman–Crippen LogP) is 2.93. The highest BCUT2D eigenvalue weighted by molar-refractivity contribution is 8.05. The second-order valence-electron chi connectivity index (χ2n) is 7.22. The lowest BCUT2D eigenvalue weighted by Gasteiger charge is -2.21. The Labute approximate surface area is 184 Å². The number of thioether (sulfide) groups is 1. The van der Waals surface area contributed by atoms with Crippen molar-refractivity contribution in [3.8, 4) is 0 Å². The number of ketones is 1. The van der Waals surface area contributed by atoms with Crippen LogP contribution in [0.4, 0.5) is 0 Å². The fourth-order valence-corrected chi connectivity index (χ4v) is 4.64. The number of nitrogens with zero attached hydrogens (tertiary/aromatic N) is 1. The molecule has 0 saturated carbocycles. The third kappa shape index (κ3) is 5.17. The molecule has 0 bridgehead atoms. The summed E-state index contributed by atoms with van der Waals surface area (Å²) in [6.45, 7) is 4.00. The Morgan fingerprint density at radius 2 is 2.16 bits per heavy atom. The lowest BCUT2D eigenvalue weighted by atomic mass is 9.94. The Hall–Kier alpha value is -2.62. The first-order valence-corrected chi connectivity index (χ1v) is 11.2. The molecule has 2 aliphatic heterocycles. The highest BCUT2D eigenvalue weighted by Gasteiger charge is 2.35. The molecule has 9 heteroatoms. The molecule has 1 atom stereocenters. The summed E-state index contributed by atoms with van der Waals surface area (Å²) < 4.78 is 16.3. The SMILES string of the molecule is CCOCc1cc(C(=O)NC2NC(c3ccco3)=C(C(=O)C3CCOCC3)S2)ccn1. The van der Waals surface area contributed by atoms with Gasteiger partial charge < -0.3 is 24.5 Å². The van der Waals surface area contributed by atoms with Crippen LogP contribution in [0.5, 0.6) is 0 Å². The zero-order valence-corrected chi connectivity index (χ0v) is 18.1. The number of Topliss-reactive ketones (excluding diaryl/α,β-unsaturated/α-hetero) is 1. The van der Waals surface area contributed by atoms with E-state index in [1.54, 1.807) is 36.7 Å². The standard InChI is InChI=1S/C22H25N3O5S/c1-2-28-13-16-12-15(5-8-23-16)21(27)25-22-24-18(17-4-3-9-30-17)20(31-22)19(26)14-6-10-29-11-7-14/h3-5,8-9,12,14,22,24H,2,6-7,10-11,13H2,1H3,(H,25,27). The van der Waals surface area contributed by atoms with Crippen LogP contribution in [-0.4, -0.2) is 42.0 Å². The fraction of sp³-hybridized carbons (Fsp3) is 0.409. The van der Waals surface area contributed by atoms with Crippen LogP contribution < -0.4 is 10.6 Å². The largest absolute Gasteiger partial charge is 0.463 e. The topological polar surface area (TPSA) is 103 Å². The van der Waals surface area contributed by atoms with Crippen LogP contribution in [0.3, 0.4) is 0 Å². The first-order chi connectivity index (χ1) is 15.2. The maximum atomic E-state index is 13.2. The molecular formula is C22H25N3O5S. The molecule has 164 valence electrons. The van der Waals surface area contributed by atoms with Gasteiger partial charge in [0.05, 0.1) is 29.2 Å². The van der Waals surface area contributed by atoms with Gasteiger partial charge in [0.15, 0.2) is 17.0 Å². The number of nitrogens with one attached hydrogen (secondary N) is 2. The zero-order valence-electron chi connectivity index (χ0n) is 17.3.